The van der Waals surface area contributed by atoms with Crippen LogP contribution in [-0.4, -0.2) is 43.4 Å². The lowest BCUT2D eigenvalue weighted by Gasteiger charge is -2.19. The largest absolute Gasteiger partial charge is 0.354 e. The molecule has 0 aliphatic carbocycles. The van der Waals surface area contributed by atoms with Crippen molar-refractivity contribution < 1.29 is 9.59 Å². The van der Waals surface area contributed by atoms with Crippen molar-refractivity contribution in [1.82, 2.24) is 10.2 Å². The number of hydrogen-bond donors (Lipinski definition) is 2. The third-order valence-electron chi connectivity index (χ3n) is 3.55. The predicted octanol–water partition coefficient (Wildman–Crippen LogP) is 1.76. The number of nitrogens with zero attached hydrogens (tertiary/aromatic N) is 1. The second-order valence-corrected chi connectivity index (χ2v) is 6.22. The quantitative estimate of drug-likeness (QED) is 0.610. The fourth-order valence-corrected chi connectivity index (χ4v) is 2.27. The van der Waals surface area contributed by atoms with Crippen molar-refractivity contribution in [3.8, 4) is 0 Å². The summed E-state index contributed by atoms with van der Waals surface area (Å²) in [5.74, 6) is 0.882. The third-order valence-corrected chi connectivity index (χ3v) is 3.55. The van der Waals surface area contributed by atoms with E-state index in [4.69, 9.17) is 5.73 Å². The number of amides is 2. The van der Waals surface area contributed by atoms with Crippen LogP contribution in [0.5, 0.6) is 0 Å². The van der Waals surface area contributed by atoms with Gasteiger partial charge in [-0.05, 0) is 31.2 Å². The number of carbonyl (C=O) groups is 2. The van der Waals surface area contributed by atoms with Crippen molar-refractivity contribution in [2.45, 2.75) is 52.9 Å². The van der Waals surface area contributed by atoms with E-state index >= 15 is 0 Å². The van der Waals surface area contributed by atoms with E-state index in [1.54, 1.807) is 7.05 Å². The zero-order valence-electron chi connectivity index (χ0n) is 14.2. The van der Waals surface area contributed by atoms with Gasteiger partial charge in [-0.1, -0.05) is 33.6 Å². The molecule has 2 amide bonds. The summed E-state index contributed by atoms with van der Waals surface area (Å²) in [4.78, 5) is 25.2. The van der Waals surface area contributed by atoms with Gasteiger partial charge in [0, 0.05) is 20.0 Å². The molecule has 0 saturated carbocycles. The molecular weight excluding hydrogens is 266 g/mol. The van der Waals surface area contributed by atoms with Crippen molar-refractivity contribution in [2.75, 3.05) is 26.7 Å². The summed E-state index contributed by atoms with van der Waals surface area (Å²) in [5.41, 5.74) is 5.60. The molecule has 0 fully saturated rings. The van der Waals surface area contributed by atoms with Gasteiger partial charge in [0.15, 0.2) is 0 Å². The second-order valence-electron chi connectivity index (χ2n) is 6.22. The maximum absolute atomic E-state index is 12.0. The first kappa shape index (κ1) is 19.9. The van der Waals surface area contributed by atoms with Crippen LogP contribution < -0.4 is 11.1 Å². The number of carbonyl (C=O) groups excluding carboxylic acids is 2. The molecule has 0 bridgehead atoms. The lowest BCUT2D eigenvalue weighted by Crippen LogP contribution is -2.39. The predicted molar refractivity (Wildman–Crippen MR) is 86.8 cm³/mol. The summed E-state index contributed by atoms with van der Waals surface area (Å²) in [6, 6.07) is 0. The van der Waals surface area contributed by atoms with E-state index in [-0.39, 0.29) is 18.4 Å². The Morgan fingerprint density at radius 2 is 1.86 bits per heavy atom. The van der Waals surface area contributed by atoms with Crippen molar-refractivity contribution >= 4 is 11.8 Å². The number of nitrogens with one attached hydrogen (secondary N) is 1. The highest BCUT2D eigenvalue weighted by molar-refractivity contribution is 5.84. The van der Waals surface area contributed by atoms with Crippen molar-refractivity contribution in [2.24, 2.45) is 17.6 Å². The van der Waals surface area contributed by atoms with Gasteiger partial charge in [0.1, 0.15) is 0 Å². The highest BCUT2D eigenvalue weighted by atomic mass is 16.2. The molecule has 1 atom stereocenters. The Balaban J connectivity index is 4.05. The lowest BCUT2D eigenvalue weighted by molar-refractivity contribution is -0.135. The van der Waals surface area contributed by atoms with Gasteiger partial charge >= 0.3 is 0 Å². The van der Waals surface area contributed by atoms with E-state index in [0.717, 1.165) is 25.7 Å². The Bertz CT molecular complexity index is 300. The summed E-state index contributed by atoms with van der Waals surface area (Å²) < 4.78 is 0. The SMILES string of the molecule is CCCC(CCN)CCC(=O)N(C)CC(=O)NCC(C)C. The van der Waals surface area contributed by atoms with E-state index in [0.29, 0.717) is 31.3 Å². The first-order valence-corrected chi connectivity index (χ1v) is 8.11. The van der Waals surface area contributed by atoms with Crippen LogP contribution >= 0.6 is 0 Å². The fourth-order valence-electron chi connectivity index (χ4n) is 2.27. The fraction of sp³-hybridized carbons (Fsp3) is 0.875. The molecule has 5 nitrogen and oxygen atoms in total. The van der Waals surface area contributed by atoms with Crippen molar-refractivity contribution in [1.29, 1.82) is 0 Å². The molecule has 0 aliphatic rings. The molecule has 0 radical (unpaired) electrons. The zero-order valence-corrected chi connectivity index (χ0v) is 14.2. The molecule has 0 rings (SSSR count). The van der Waals surface area contributed by atoms with Crippen LogP contribution in [0.15, 0.2) is 0 Å². The van der Waals surface area contributed by atoms with Gasteiger partial charge in [0.25, 0.3) is 0 Å². The van der Waals surface area contributed by atoms with E-state index in [2.05, 4.69) is 12.2 Å². The topological polar surface area (TPSA) is 75.4 Å². The maximum atomic E-state index is 12.0. The monoisotopic (exact) mass is 299 g/mol. The summed E-state index contributed by atoms with van der Waals surface area (Å²) in [5, 5.41) is 2.82. The van der Waals surface area contributed by atoms with E-state index in [1.165, 1.54) is 4.90 Å². The number of nitrogens with two attached hydrogens (primary N) is 1. The highest BCUT2D eigenvalue weighted by Gasteiger charge is 2.15. The summed E-state index contributed by atoms with van der Waals surface area (Å²) in [7, 11) is 1.69. The molecule has 0 aromatic rings. The standard InChI is InChI=1S/C16H33N3O2/c1-5-6-14(9-10-17)7-8-16(21)19(4)12-15(20)18-11-13(2)3/h13-14H,5-12,17H2,1-4H3,(H,18,20). The first-order valence-electron chi connectivity index (χ1n) is 8.11. The molecule has 0 aromatic carbocycles. The Kier molecular flexibility index (Phi) is 10.9. The van der Waals surface area contributed by atoms with Crippen LogP contribution in [0.4, 0.5) is 0 Å². The van der Waals surface area contributed by atoms with Crippen LogP contribution in [0.3, 0.4) is 0 Å². The Hall–Kier alpha value is -1.10. The van der Waals surface area contributed by atoms with Gasteiger partial charge in [-0.2, -0.15) is 0 Å². The van der Waals surface area contributed by atoms with Gasteiger partial charge < -0.3 is 16.0 Å². The molecule has 1 unspecified atom stereocenters. The Morgan fingerprint density at radius 3 is 2.38 bits per heavy atom. The van der Waals surface area contributed by atoms with E-state index < -0.39 is 0 Å². The van der Waals surface area contributed by atoms with Gasteiger partial charge in [0.2, 0.25) is 11.8 Å². The molecule has 21 heavy (non-hydrogen) atoms. The number of rotatable bonds is 11. The van der Waals surface area contributed by atoms with Gasteiger partial charge in [-0.25, -0.2) is 0 Å². The first-order chi connectivity index (χ1) is 9.90. The molecule has 124 valence electrons. The highest BCUT2D eigenvalue weighted by Crippen LogP contribution is 2.17. The van der Waals surface area contributed by atoms with Gasteiger partial charge in [-0.3, -0.25) is 9.59 Å². The molecule has 0 aromatic heterocycles. The van der Waals surface area contributed by atoms with E-state index in [9.17, 15) is 9.59 Å². The summed E-state index contributed by atoms with van der Waals surface area (Å²) >= 11 is 0. The minimum absolute atomic E-state index is 0.0350. The second kappa shape index (κ2) is 11.5. The number of likely N-dealkylation sites (N-methyl/N-ethyl adjacent to an activating group) is 1. The number of hydrogen-bond acceptors (Lipinski definition) is 3. The van der Waals surface area contributed by atoms with Crippen LogP contribution in [0.25, 0.3) is 0 Å². The average Bonchev–Trinajstić information content (AvgIpc) is 2.42. The van der Waals surface area contributed by atoms with Crippen molar-refractivity contribution in [3.05, 3.63) is 0 Å². The maximum Gasteiger partial charge on any atom is 0.239 e. The summed E-state index contributed by atoms with van der Waals surface area (Å²) in [6.07, 6.45) is 4.57. The summed E-state index contributed by atoms with van der Waals surface area (Å²) in [6.45, 7) is 7.70. The minimum atomic E-state index is -0.0911. The molecule has 3 N–H and O–H groups in total. The smallest absolute Gasteiger partial charge is 0.239 e. The van der Waals surface area contributed by atoms with E-state index in [1.807, 2.05) is 13.8 Å². The minimum Gasteiger partial charge on any atom is -0.354 e. The lowest BCUT2D eigenvalue weighted by atomic mass is 9.94. The van der Waals surface area contributed by atoms with Gasteiger partial charge in [0.05, 0.1) is 6.54 Å². The van der Waals surface area contributed by atoms with Crippen LogP contribution in [-0.2, 0) is 9.59 Å². The normalized spacial score (nSPS) is 12.3. The Morgan fingerprint density at radius 1 is 1.19 bits per heavy atom. The molecule has 0 aliphatic heterocycles. The Labute approximate surface area is 129 Å². The zero-order chi connectivity index (χ0) is 16.3. The molecule has 0 saturated heterocycles. The van der Waals surface area contributed by atoms with Crippen molar-refractivity contribution in [3.63, 3.8) is 0 Å². The third kappa shape index (κ3) is 10.3. The molecule has 5 heteroatoms. The molecule has 0 heterocycles. The van der Waals surface area contributed by atoms with Crippen LogP contribution in [0.1, 0.15) is 52.9 Å². The van der Waals surface area contributed by atoms with Crippen LogP contribution in [0, 0.1) is 11.8 Å². The van der Waals surface area contributed by atoms with Crippen LogP contribution in [0.2, 0.25) is 0 Å². The molecular formula is C16H33N3O2. The average molecular weight is 299 g/mol. The molecule has 0 spiro atoms. The van der Waals surface area contributed by atoms with Gasteiger partial charge in [-0.15, -0.1) is 0 Å².